The van der Waals surface area contributed by atoms with Crippen LogP contribution < -0.4 is 9.75 Å². The molecule has 1 amide bonds. The number of hydrogen-bond donors (Lipinski definition) is 0. The van der Waals surface area contributed by atoms with Crippen molar-refractivity contribution >= 4 is 34.8 Å². The zero-order valence-corrected chi connectivity index (χ0v) is 15.0. The van der Waals surface area contributed by atoms with E-state index in [1.165, 1.54) is 0 Å². The first kappa shape index (κ1) is 19.3. The highest BCUT2D eigenvalue weighted by molar-refractivity contribution is 6.05. The summed E-state index contributed by atoms with van der Waals surface area (Å²) in [4.78, 5) is 12.3. The molecule has 0 N–H and O–H groups in total. The Kier molecular flexibility index (Phi) is 7.33. The zero-order chi connectivity index (χ0) is 16.1. The number of hydrazine groups is 1. The van der Waals surface area contributed by atoms with Gasteiger partial charge in [0.15, 0.2) is 0 Å². The maximum Gasteiger partial charge on any atom is 0.238 e. The molecule has 4 nitrogen and oxygen atoms in total. The molecule has 0 aliphatic heterocycles. The summed E-state index contributed by atoms with van der Waals surface area (Å²) in [6.07, 6.45) is 0. The van der Waals surface area contributed by atoms with Crippen LogP contribution in [0.3, 0.4) is 0 Å². The highest BCUT2D eigenvalue weighted by Gasteiger charge is 2.23. The molecule has 0 atom stereocenters. The lowest BCUT2D eigenvalue weighted by molar-refractivity contribution is -0.119. The number of carbonyl (C=O) groups excluding carboxylic acids is 1. The highest BCUT2D eigenvalue weighted by atomic mass is 35.5. The van der Waals surface area contributed by atoms with E-state index in [4.69, 9.17) is 4.74 Å². The number of benzene rings is 2. The van der Waals surface area contributed by atoms with Gasteiger partial charge < -0.3 is 4.74 Å². The first-order valence-corrected chi connectivity index (χ1v) is 7.84. The van der Waals surface area contributed by atoms with E-state index in [-0.39, 0.29) is 18.3 Å². The molecule has 0 unspecified atom stereocenters. The summed E-state index contributed by atoms with van der Waals surface area (Å²) in [7, 11) is 0. The van der Waals surface area contributed by atoms with Crippen molar-refractivity contribution in [3.63, 3.8) is 0 Å². The van der Waals surface area contributed by atoms with Gasteiger partial charge in [-0.3, -0.25) is 4.79 Å². The van der Waals surface area contributed by atoms with Crippen LogP contribution in [0.4, 0.5) is 5.69 Å². The van der Waals surface area contributed by atoms with Crippen LogP contribution in [0.5, 0.6) is 5.75 Å². The quantitative estimate of drug-likeness (QED) is 0.738. The zero-order valence-electron chi connectivity index (χ0n) is 14.2. The van der Waals surface area contributed by atoms with Gasteiger partial charge in [0.05, 0.1) is 6.61 Å². The van der Waals surface area contributed by atoms with Gasteiger partial charge in [-0.1, -0.05) is 44.2 Å². The number of rotatable bonds is 6. The summed E-state index contributed by atoms with van der Waals surface area (Å²) in [5.74, 6) is 0.726. The van der Waals surface area contributed by atoms with Gasteiger partial charge in [-0.15, -0.1) is 12.4 Å². The van der Waals surface area contributed by atoms with Crippen molar-refractivity contribution in [3.8, 4) is 5.75 Å². The molecule has 0 aliphatic carbocycles. The van der Waals surface area contributed by atoms with Gasteiger partial charge in [-0.25, -0.2) is 10.0 Å². The monoisotopic (exact) mass is 336 g/mol. The Labute approximate surface area is 144 Å². The average molecular weight is 337 g/mol. The second-order valence-electron chi connectivity index (χ2n) is 5.04. The van der Waals surface area contributed by atoms with Crippen molar-refractivity contribution < 1.29 is 9.53 Å². The number of halogens is 1. The minimum absolute atomic E-state index is 0. The fraction of sp³-hybridized carbons (Fsp3) is 0.389. The second-order valence-corrected chi connectivity index (χ2v) is 5.04. The number of fused-ring (bicyclic) bond motifs is 1. The van der Waals surface area contributed by atoms with E-state index in [1.807, 2.05) is 56.1 Å². The van der Waals surface area contributed by atoms with Gasteiger partial charge in [0.25, 0.3) is 0 Å². The molecule has 2 aromatic rings. The molecule has 0 heterocycles. The smallest absolute Gasteiger partial charge is 0.238 e. The predicted molar refractivity (Wildman–Crippen MR) is 98.4 cm³/mol. The number of anilines is 1. The van der Waals surface area contributed by atoms with Gasteiger partial charge in [0.2, 0.25) is 5.91 Å². The number of nitrogens with zero attached hydrogens (tertiary/aromatic N) is 2. The Bertz CT molecular complexity index is 657. The SMILES string of the molecule is CCOc1ccc2ccccc2c1N(C(C)=O)N(CC)CC.Cl. The largest absolute Gasteiger partial charge is 0.492 e. The third-order valence-corrected chi connectivity index (χ3v) is 3.69. The average Bonchev–Trinajstić information content (AvgIpc) is 2.53. The molecule has 0 spiro atoms. The van der Waals surface area contributed by atoms with Crippen LogP contribution in [0, 0.1) is 0 Å². The standard InChI is InChI=1S/C18H24N2O2.ClH/c1-5-19(6-2)20(14(4)21)18-16-11-9-8-10-15(16)12-13-17(18)22-7-3;/h8-13H,5-7H2,1-4H3;1H. The van der Waals surface area contributed by atoms with Gasteiger partial charge in [-0.2, -0.15) is 0 Å². The van der Waals surface area contributed by atoms with Crippen molar-refractivity contribution in [2.24, 2.45) is 0 Å². The van der Waals surface area contributed by atoms with E-state index in [0.29, 0.717) is 6.61 Å². The van der Waals surface area contributed by atoms with Crippen molar-refractivity contribution in [2.75, 3.05) is 24.7 Å². The fourth-order valence-electron chi connectivity index (χ4n) is 2.73. The molecule has 0 saturated heterocycles. The van der Waals surface area contributed by atoms with Crippen LogP contribution in [-0.2, 0) is 4.79 Å². The molecule has 0 aromatic heterocycles. The van der Waals surface area contributed by atoms with Crippen LogP contribution in [0.2, 0.25) is 0 Å². The third-order valence-electron chi connectivity index (χ3n) is 3.69. The van der Waals surface area contributed by atoms with Crippen molar-refractivity contribution in [3.05, 3.63) is 36.4 Å². The molecular formula is C18H25ClN2O2. The highest BCUT2D eigenvalue weighted by Crippen LogP contribution is 2.37. The minimum atomic E-state index is -0.0130. The first-order valence-electron chi connectivity index (χ1n) is 7.84. The number of ether oxygens (including phenoxy) is 1. The van der Waals surface area contributed by atoms with E-state index >= 15 is 0 Å². The lowest BCUT2D eigenvalue weighted by Gasteiger charge is -2.34. The van der Waals surface area contributed by atoms with Crippen LogP contribution >= 0.6 is 12.4 Å². The number of amides is 1. The van der Waals surface area contributed by atoms with E-state index in [1.54, 1.807) is 11.9 Å². The molecule has 2 aromatic carbocycles. The maximum absolute atomic E-state index is 12.3. The summed E-state index contributed by atoms with van der Waals surface area (Å²) >= 11 is 0. The summed E-state index contributed by atoms with van der Waals surface area (Å²) in [5, 5.41) is 5.88. The minimum Gasteiger partial charge on any atom is -0.492 e. The Hall–Kier alpha value is -1.78. The topological polar surface area (TPSA) is 32.8 Å². The van der Waals surface area contributed by atoms with Crippen LogP contribution in [0.25, 0.3) is 10.8 Å². The van der Waals surface area contributed by atoms with E-state index in [2.05, 4.69) is 6.07 Å². The molecule has 0 fully saturated rings. The van der Waals surface area contributed by atoms with Crippen molar-refractivity contribution in [1.82, 2.24) is 5.01 Å². The van der Waals surface area contributed by atoms with E-state index in [0.717, 1.165) is 35.3 Å². The molecule has 2 rings (SSSR count). The Balaban J connectivity index is 0.00000264. The molecular weight excluding hydrogens is 312 g/mol. The molecule has 126 valence electrons. The molecule has 0 aliphatic rings. The van der Waals surface area contributed by atoms with Gasteiger partial charge in [-0.05, 0) is 18.4 Å². The van der Waals surface area contributed by atoms with E-state index < -0.39 is 0 Å². The predicted octanol–water partition coefficient (Wildman–Crippen LogP) is 4.27. The molecule has 23 heavy (non-hydrogen) atoms. The lowest BCUT2D eigenvalue weighted by atomic mass is 10.1. The number of carbonyl (C=O) groups is 1. The van der Waals surface area contributed by atoms with Crippen molar-refractivity contribution in [1.29, 1.82) is 0 Å². The van der Waals surface area contributed by atoms with Crippen molar-refractivity contribution in [2.45, 2.75) is 27.7 Å². The number of hydrogen-bond acceptors (Lipinski definition) is 3. The maximum atomic E-state index is 12.3. The van der Waals surface area contributed by atoms with Crippen LogP contribution in [-0.4, -0.2) is 30.6 Å². The van der Waals surface area contributed by atoms with Gasteiger partial charge >= 0.3 is 0 Å². The fourth-order valence-corrected chi connectivity index (χ4v) is 2.73. The Morgan fingerprint density at radius 2 is 1.70 bits per heavy atom. The molecule has 5 heteroatoms. The normalized spacial score (nSPS) is 10.5. The van der Waals surface area contributed by atoms with Crippen LogP contribution in [0.1, 0.15) is 27.7 Å². The summed E-state index contributed by atoms with van der Waals surface area (Å²) in [6, 6.07) is 12.1. The Morgan fingerprint density at radius 3 is 2.26 bits per heavy atom. The summed E-state index contributed by atoms with van der Waals surface area (Å²) in [5.41, 5.74) is 0.830. The lowest BCUT2D eigenvalue weighted by Crippen LogP contribution is -2.46. The van der Waals surface area contributed by atoms with Crippen LogP contribution in [0.15, 0.2) is 36.4 Å². The molecule has 0 bridgehead atoms. The Morgan fingerprint density at radius 1 is 1.04 bits per heavy atom. The summed E-state index contributed by atoms with van der Waals surface area (Å²) in [6.45, 7) is 9.71. The van der Waals surface area contributed by atoms with Gasteiger partial charge in [0, 0.05) is 25.4 Å². The summed E-state index contributed by atoms with van der Waals surface area (Å²) < 4.78 is 5.79. The van der Waals surface area contributed by atoms with Gasteiger partial charge in [0.1, 0.15) is 11.4 Å². The third kappa shape index (κ3) is 3.95. The van der Waals surface area contributed by atoms with E-state index in [9.17, 15) is 4.79 Å². The second kappa shape index (κ2) is 8.75. The first-order chi connectivity index (χ1) is 10.6. The molecule has 0 saturated carbocycles. The molecule has 0 radical (unpaired) electrons.